The molecule has 0 saturated heterocycles. The van der Waals surface area contributed by atoms with Gasteiger partial charge in [-0.05, 0) is 6.42 Å². The Labute approximate surface area is 105 Å². The van der Waals surface area contributed by atoms with Crippen LogP contribution in [0.5, 0.6) is 0 Å². The Morgan fingerprint density at radius 2 is 2.21 bits per heavy atom. The third-order valence-electron chi connectivity index (χ3n) is 1.12. The molecule has 0 aromatic carbocycles. The summed E-state index contributed by atoms with van der Waals surface area (Å²) in [6.07, 6.45) is 2.15. The van der Waals surface area contributed by atoms with Crippen molar-refractivity contribution in [3.05, 3.63) is 12.7 Å². The predicted octanol–water partition coefficient (Wildman–Crippen LogP) is -2.00. The summed E-state index contributed by atoms with van der Waals surface area (Å²) >= 11 is 0. The molecular formula is C7H12NaO5P. The molecule has 0 aromatic heterocycles. The molecule has 0 saturated carbocycles. The number of unbranched alkanes of at least 4 members (excludes halogenated alkanes) is 1. The average Bonchev–Trinajstić information content (AvgIpc) is 2.03. The van der Waals surface area contributed by atoms with Crippen molar-refractivity contribution in [2.24, 2.45) is 0 Å². The van der Waals surface area contributed by atoms with Gasteiger partial charge in [0.15, 0.2) is 0 Å². The van der Waals surface area contributed by atoms with Crippen LogP contribution in [0, 0.1) is 0 Å². The van der Waals surface area contributed by atoms with E-state index < -0.39 is 13.8 Å². The fourth-order valence-electron chi connectivity index (χ4n) is 0.495. The second kappa shape index (κ2) is 8.65. The summed E-state index contributed by atoms with van der Waals surface area (Å²) in [4.78, 5) is 21.3. The summed E-state index contributed by atoms with van der Waals surface area (Å²) in [5, 5.41) is 0. The SMILES string of the molecule is C=CC(=O)OP(=O)([O-])OCCCC.[Na+]. The van der Waals surface area contributed by atoms with Crippen LogP contribution >= 0.6 is 7.82 Å². The maximum Gasteiger partial charge on any atom is 1.00 e. The molecule has 0 N–H and O–H groups in total. The van der Waals surface area contributed by atoms with E-state index in [1.165, 1.54) is 0 Å². The van der Waals surface area contributed by atoms with Gasteiger partial charge >= 0.3 is 43.3 Å². The van der Waals surface area contributed by atoms with E-state index in [1.54, 1.807) is 0 Å². The van der Waals surface area contributed by atoms with Crippen molar-refractivity contribution in [3.8, 4) is 0 Å². The summed E-state index contributed by atoms with van der Waals surface area (Å²) < 4.78 is 19.1. The van der Waals surface area contributed by atoms with Crippen molar-refractivity contribution in [2.75, 3.05) is 6.61 Å². The second-order valence-corrected chi connectivity index (χ2v) is 3.58. The van der Waals surface area contributed by atoms with Gasteiger partial charge in [-0.2, -0.15) is 0 Å². The third-order valence-corrected chi connectivity index (χ3v) is 2.02. The van der Waals surface area contributed by atoms with Gasteiger partial charge in [-0.15, -0.1) is 0 Å². The zero-order valence-corrected chi connectivity index (χ0v) is 11.3. The number of rotatable bonds is 6. The summed E-state index contributed by atoms with van der Waals surface area (Å²) in [5.74, 6) is -1.03. The van der Waals surface area contributed by atoms with Gasteiger partial charge in [0, 0.05) is 6.08 Å². The van der Waals surface area contributed by atoms with E-state index in [2.05, 4.69) is 15.6 Å². The molecule has 0 radical (unpaired) electrons. The third kappa shape index (κ3) is 8.94. The molecule has 0 fully saturated rings. The molecule has 0 rings (SSSR count). The van der Waals surface area contributed by atoms with Crippen molar-refractivity contribution in [1.82, 2.24) is 0 Å². The minimum atomic E-state index is -4.47. The summed E-state index contributed by atoms with van der Waals surface area (Å²) in [6, 6.07) is 0. The first kappa shape index (κ1) is 16.8. The molecule has 5 nitrogen and oxygen atoms in total. The van der Waals surface area contributed by atoms with Gasteiger partial charge in [-0.1, -0.05) is 19.9 Å². The summed E-state index contributed by atoms with van der Waals surface area (Å²) in [7, 11) is -4.47. The monoisotopic (exact) mass is 230 g/mol. The predicted molar refractivity (Wildman–Crippen MR) is 44.8 cm³/mol. The van der Waals surface area contributed by atoms with Gasteiger partial charge in [0.2, 0.25) is 0 Å². The van der Waals surface area contributed by atoms with Crippen LogP contribution in [0.2, 0.25) is 0 Å². The fourth-order valence-corrected chi connectivity index (χ4v) is 1.19. The number of carbonyl (C=O) groups is 1. The molecule has 0 amide bonds. The number of hydrogen-bond donors (Lipinski definition) is 0. The van der Waals surface area contributed by atoms with Gasteiger partial charge < -0.3 is 13.9 Å². The van der Waals surface area contributed by atoms with E-state index in [0.717, 1.165) is 12.5 Å². The first-order valence-corrected chi connectivity index (χ1v) is 5.29. The molecule has 7 heteroatoms. The molecule has 76 valence electrons. The van der Waals surface area contributed by atoms with Crippen LogP contribution in [0.4, 0.5) is 0 Å². The Morgan fingerprint density at radius 3 is 2.64 bits per heavy atom. The van der Waals surface area contributed by atoms with Gasteiger partial charge in [0.25, 0.3) is 0 Å². The molecule has 0 bridgehead atoms. The van der Waals surface area contributed by atoms with Gasteiger partial charge in [-0.3, -0.25) is 4.57 Å². The Kier molecular flexibility index (Phi) is 10.4. The number of hydrogen-bond acceptors (Lipinski definition) is 5. The van der Waals surface area contributed by atoms with Gasteiger partial charge in [-0.25, -0.2) is 4.79 Å². The van der Waals surface area contributed by atoms with Gasteiger partial charge in [0.05, 0.1) is 6.61 Å². The Morgan fingerprint density at radius 1 is 1.64 bits per heavy atom. The molecule has 1 atom stereocenters. The Hall–Kier alpha value is 0.360. The maximum absolute atomic E-state index is 10.8. The molecule has 0 heterocycles. The van der Waals surface area contributed by atoms with Crippen LogP contribution in [-0.4, -0.2) is 12.6 Å². The first-order chi connectivity index (χ1) is 6.02. The average molecular weight is 230 g/mol. The first-order valence-electron chi connectivity index (χ1n) is 3.83. The second-order valence-electron chi connectivity index (χ2n) is 2.25. The van der Waals surface area contributed by atoms with Crippen LogP contribution < -0.4 is 34.5 Å². The smallest absolute Gasteiger partial charge is 0.746 e. The topological polar surface area (TPSA) is 75.7 Å². The van der Waals surface area contributed by atoms with Crippen LogP contribution in [0.1, 0.15) is 19.8 Å². The quantitative estimate of drug-likeness (QED) is 0.228. The van der Waals surface area contributed by atoms with E-state index in [0.29, 0.717) is 6.42 Å². The van der Waals surface area contributed by atoms with Crippen LogP contribution in [-0.2, 0) is 18.4 Å². The van der Waals surface area contributed by atoms with Crippen molar-refractivity contribution < 1.29 is 52.9 Å². The van der Waals surface area contributed by atoms with Crippen molar-refractivity contribution in [3.63, 3.8) is 0 Å². The van der Waals surface area contributed by atoms with E-state index in [1.807, 2.05) is 6.92 Å². The number of phosphoric acid groups is 1. The summed E-state index contributed by atoms with van der Waals surface area (Å²) in [6.45, 7) is 4.96. The molecule has 0 aliphatic carbocycles. The minimum Gasteiger partial charge on any atom is -0.746 e. The number of carbonyl (C=O) groups excluding carboxylic acids is 1. The molecule has 0 spiro atoms. The van der Waals surface area contributed by atoms with E-state index >= 15 is 0 Å². The van der Waals surface area contributed by atoms with Crippen LogP contribution in [0.15, 0.2) is 12.7 Å². The van der Waals surface area contributed by atoms with Crippen molar-refractivity contribution in [2.45, 2.75) is 19.8 Å². The molecule has 0 aromatic rings. The minimum absolute atomic E-state index is 0. The number of phosphoric ester groups is 1. The normalized spacial score (nSPS) is 13.6. The zero-order chi connectivity index (χ0) is 10.3. The molecule has 1 unspecified atom stereocenters. The van der Waals surface area contributed by atoms with Crippen LogP contribution in [0.3, 0.4) is 0 Å². The summed E-state index contributed by atoms with van der Waals surface area (Å²) in [5.41, 5.74) is 0. The van der Waals surface area contributed by atoms with Crippen LogP contribution in [0.25, 0.3) is 0 Å². The van der Waals surface area contributed by atoms with Crippen molar-refractivity contribution >= 4 is 13.8 Å². The van der Waals surface area contributed by atoms with E-state index in [4.69, 9.17) is 0 Å². The molecule has 14 heavy (non-hydrogen) atoms. The Bertz CT molecular complexity index is 230. The zero-order valence-electron chi connectivity index (χ0n) is 8.39. The maximum atomic E-state index is 10.8. The van der Waals surface area contributed by atoms with Gasteiger partial charge in [0.1, 0.15) is 0 Å². The Balaban J connectivity index is 0. The standard InChI is InChI=1S/C7H13O5P.Na/c1-3-5-6-11-13(9,10)12-7(8)4-2;/h4H,2-3,5-6H2,1H3,(H,9,10);/q;+1/p-1. The van der Waals surface area contributed by atoms with E-state index in [9.17, 15) is 14.3 Å². The molecule has 0 aliphatic rings. The van der Waals surface area contributed by atoms with E-state index in [-0.39, 0.29) is 36.2 Å². The largest absolute Gasteiger partial charge is 1.00 e. The molecule has 0 aliphatic heterocycles. The fraction of sp³-hybridized carbons (Fsp3) is 0.571. The van der Waals surface area contributed by atoms with Crippen molar-refractivity contribution in [1.29, 1.82) is 0 Å². The molecular weight excluding hydrogens is 218 g/mol.